The van der Waals surface area contributed by atoms with Gasteiger partial charge in [0.05, 0.1) is 6.61 Å². The molecule has 0 atom stereocenters. The van der Waals surface area contributed by atoms with Crippen LogP contribution in [0, 0.1) is 0 Å². The predicted molar refractivity (Wildman–Crippen MR) is 63.9 cm³/mol. The number of anilines is 1. The van der Waals surface area contributed by atoms with Gasteiger partial charge in [0, 0.05) is 12.1 Å². The molecule has 0 aromatic heterocycles. The Morgan fingerprint density at radius 3 is 2.50 bits per heavy atom. The molecule has 1 amide bonds. The number of carbonyl (C=O) groups excluding carboxylic acids is 1. The van der Waals surface area contributed by atoms with Gasteiger partial charge >= 0.3 is 0 Å². The Labute approximate surface area is 95.5 Å². The van der Waals surface area contributed by atoms with Gasteiger partial charge in [-0.2, -0.15) is 0 Å². The first kappa shape index (κ1) is 12.7. The fourth-order valence-electron chi connectivity index (χ4n) is 1.35. The normalized spacial score (nSPS) is 10.1. The van der Waals surface area contributed by atoms with Crippen molar-refractivity contribution in [3.8, 4) is 0 Å². The highest BCUT2D eigenvalue weighted by atomic mass is 16.3. The van der Waals surface area contributed by atoms with E-state index in [4.69, 9.17) is 10.8 Å². The van der Waals surface area contributed by atoms with E-state index in [1.165, 1.54) is 0 Å². The third kappa shape index (κ3) is 4.42. The minimum absolute atomic E-state index is 0.00481. The number of unbranched alkanes of at least 4 members (excludes halogenated alkanes) is 1. The minimum Gasteiger partial charge on any atom is -0.392 e. The summed E-state index contributed by atoms with van der Waals surface area (Å²) in [5, 5.41) is 11.6. The van der Waals surface area contributed by atoms with Crippen molar-refractivity contribution < 1.29 is 9.90 Å². The van der Waals surface area contributed by atoms with E-state index in [0.717, 1.165) is 24.1 Å². The molecule has 0 aliphatic carbocycles. The summed E-state index contributed by atoms with van der Waals surface area (Å²) in [6, 6.07) is 7.14. The highest BCUT2D eigenvalue weighted by Gasteiger charge is 2.01. The third-order valence-corrected chi connectivity index (χ3v) is 2.28. The average molecular weight is 222 g/mol. The smallest absolute Gasteiger partial charge is 0.224 e. The monoisotopic (exact) mass is 222 g/mol. The van der Waals surface area contributed by atoms with E-state index in [9.17, 15) is 4.79 Å². The lowest BCUT2D eigenvalue weighted by molar-refractivity contribution is -0.116. The van der Waals surface area contributed by atoms with Crippen LogP contribution >= 0.6 is 0 Å². The maximum atomic E-state index is 11.4. The molecule has 1 rings (SSSR count). The standard InChI is InChI=1S/C12H18N2O2/c13-8-2-1-3-12(16)14-11-6-4-10(9-15)5-7-11/h4-7,15H,1-3,8-9,13H2,(H,14,16). The van der Waals surface area contributed by atoms with Crippen molar-refractivity contribution in [1.29, 1.82) is 0 Å². The summed E-state index contributed by atoms with van der Waals surface area (Å²) >= 11 is 0. The van der Waals surface area contributed by atoms with Gasteiger partial charge in [-0.1, -0.05) is 12.1 Å². The topological polar surface area (TPSA) is 75.4 Å². The number of nitrogens with one attached hydrogen (secondary N) is 1. The Bertz CT molecular complexity index is 322. The van der Waals surface area contributed by atoms with E-state index in [0.29, 0.717) is 13.0 Å². The molecule has 0 aliphatic rings. The summed E-state index contributed by atoms with van der Waals surface area (Å²) in [5.74, 6) is 0.00481. The zero-order valence-corrected chi connectivity index (χ0v) is 9.28. The van der Waals surface area contributed by atoms with Crippen LogP contribution in [-0.2, 0) is 11.4 Å². The lowest BCUT2D eigenvalue weighted by Crippen LogP contribution is -2.11. The fraction of sp³-hybridized carbons (Fsp3) is 0.417. The maximum absolute atomic E-state index is 11.4. The van der Waals surface area contributed by atoms with Crippen molar-refractivity contribution in [2.75, 3.05) is 11.9 Å². The van der Waals surface area contributed by atoms with E-state index >= 15 is 0 Å². The van der Waals surface area contributed by atoms with Gasteiger partial charge in [-0.3, -0.25) is 4.79 Å². The van der Waals surface area contributed by atoms with Crippen LogP contribution in [0.4, 0.5) is 5.69 Å². The zero-order chi connectivity index (χ0) is 11.8. The molecule has 1 aromatic carbocycles. The second-order valence-corrected chi connectivity index (χ2v) is 3.65. The molecule has 0 unspecified atom stereocenters. The third-order valence-electron chi connectivity index (χ3n) is 2.28. The van der Waals surface area contributed by atoms with Gasteiger partial charge in [-0.25, -0.2) is 0 Å². The fourth-order valence-corrected chi connectivity index (χ4v) is 1.35. The van der Waals surface area contributed by atoms with Crippen molar-refractivity contribution in [3.63, 3.8) is 0 Å². The van der Waals surface area contributed by atoms with Gasteiger partial charge < -0.3 is 16.2 Å². The molecule has 4 nitrogen and oxygen atoms in total. The number of hydrogen-bond donors (Lipinski definition) is 3. The van der Waals surface area contributed by atoms with Crippen LogP contribution in [0.1, 0.15) is 24.8 Å². The highest BCUT2D eigenvalue weighted by molar-refractivity contribution is 5.90. The molecule has 0 aliphatic heterocycles. The molecule has 0 fully saturated rings. The summed E-state index contributed by atoms with van der Waals surface area (Å²) in [7, 11) is 0. The van der Waals surface area contributed by atoms with Crippen LogP contribution in [-0.4, -0.2) is 17.6 Å². The summed E-state index contributed by atoms with van der Waals surface area (Å²) in [5.41, 5.74) is 6.94. The molecule has 0 radical (unpaired) electrons. The van der Waals surface area contributed by atoms with E-state index in [2.05, 4.69) is 5.32 Å². The van der Waals surface area contributed by atoms with Crippen molar-refractivity contribution in [2.45, 2.75) is 25.9 Å². The Morgan fingerprint density at radius 1 is 1.25 bits per heavy atom. The molecule has 4 N–H and O–H groups in total. The van der Waals surface area contributed by atoms with Crippen molar-refractivity contribution >= 4 is 11.6 Å². The van der Waals surface area contributed by atoms with Gasteiger partial charge in [0.1, 0.15) is 0 Å². The predicted octanol–water partition coefficient (Wildman–Crippen LogP) is 1.25. The second-order valence-electron chi connectivity index (χ2n) is 3.65. The lowest BCUT2D eigenvalue weighted by Gasteiger charge is -2.05. The van der Waals surface area contributed by atoms with Crippen LogP contribution in [0.15, 0.2) is 24.3 Å². The molecule has 0 spiro atoms. The molecular weight excluding hydrogens is 204 g/mol. The van der Waals surface area contributed by atoms with Gasteiger partial charge in [0.25, 0.3) is 0 Å². The second kappa shape index (κ2) is 6.98. The number of hydrogen-bond acceptors (Lipinski definition) is 3. The lowest BCUT2D eigenvalue weighted by atomic mass is 10.2. The molecule has 4 heteroatoms. The van der Waals surface area contributed by atoms with E-state index in [-0.39, 0.29) is 12.5 Å². The van der Waals surface area contributed by atoms with Crippen LogP contribution in [0.3, 0.4) is 0 Å². The molecule has 88 valence electrons. The Kier molecular flexibility index (Phi) is 5.53. The highest BCUT2D eigenvalue weighted by Crippen LogP contribution is 2.10. The maximum Gasteiger partial charge on any atom is 0.224 e. The Balaban J connectivity index is 2.37. The van der Waals surface area contributed by atoms with E-state index in [1.54, 1.807) is 24.3 Å². The first-order valence-corrected chi connectivity index (χ1v) is 5.46. The summed E-state index contributed by atoms with van der Waals surface area (Å²) < 4.78 is 0. The summed E-state index contributed by atoms with van der Waals surface area (Å²) in [4.78, 5) is 11.4. The van der Waals surface area contributed by atoms with Crippen LogP contribution < -0.4 is 11.1 Å². The van der Waals surface area contributed by atoms with Gasteiger partial charge in [0.15, 0.2) is 0 Å². The van der Waals surface area contributed by atoms with E-state index < -0.39 is 0 Å². The number of benzene rings is 1. The van der Waals surface area contributed by atoms with Gasteiger partial charge in [-0.05, 0) is 37.1 Å². The quantitative estimate of drug-likeness (QED) is 0.634. The van der Waals surface area contributed by atoms with Crippen molar-refractivity contribution in [3.05, 3.63) is 29.8 Å². The molecule has 0 saturated carbocycles. The minimum atomic E-state index is 0.00481. The molecule has 1 aromatic rings. The zero-order valence-electron chi connectivity index (χ0n) is 9.28. The number of nitrogens with two attached hydrogens (primary N) is 1. The number of rotatable bonds is 6. The molecule has 0 heterocycles. The molecule has 0 saturated heterocycles. The van der Waals surface area contributed by atoms with E-state index in [1.807, 2.05) is 0 Å². The van der Waals surface area contributed by atoms with Crippen LogP contribution in [0.5, 0.6) is 0 Å². The first-order chi connectivity index (χ1) is 7.76. The van der Waals surface area contributed by atoms with Crippen molar-refractivity contribution in [1.82, 2.24) is 0 Å². The Morgan fingerprint density at radius 2 is 1.94 bits per heavy atom. The first-order valence-electron chi connectivity index (χ1n) is 5.46. The summed E-state index contributed by atoms with van der Waals surface area (Å²) in [6.07, 6.45) is 2.19. The summed E-state index contributed by atoms with van der Waals surface area (Å²) in [6.45, 7) is 0.642. The molecule has 16 heavy (non-hydrogen) atoms. The molecule has 0 bridgehead atoms. The molecular formula is C12H18N2O2. The van der Waals surface area contributed by atoms with Crippen LogP contribution in [0.25, 0.3) is 0 Å². The van der Waals surface area contributed by atoms with Gasteiger partial charge in [-0.15, -0.1) is 0 Å². The number of aliphatic hydroxyl groups excluding tert-OH is 1. The SMILES string of the molecule is NCCCCC(=O)Nc1ccc(CO)cc1. The number of aliphatic hydroxyl groups is 1. The number of amides is 1. The Hall–Kier alpha value is -1.39. The largest absolute Gasteiger partial charge is 0.392 e. The number of carbonyl (C=O) groups is 1. The van der Waals surface area contributed by atoms with Gasteiger partial charge in [0.2, 0.25) is 5.91 Å². The van der Waals surface area contributed by atoms with Crippen molar-refractivity contribution in [2.24, 2.45) is 5.73 Å². The van der Waals surface area contributed by atoms with Crippen LogP contribution in [0.2, 0.25) is 0 Å². The average Bonchev–Trinajstić information content (AvgIpc) is 2.30.